The van der Waals surface area contributed by atoms with Crippen molar-refractivity contribution in [2.45, 2.75) is 12.6 Å². The van der Waals surface area contributed by atoms with E-state index < -0.39 is 0 Å². The topological polar surface area (TPSA) is 59.1 Å². The van der Waals surface area contributed by atoms with Crippen molar-refractivity contribution < 1.29 is 14.0 Å². The quantitative estimate of drug-likeness (QED) is 0.765. The molecule has 3 atom stereocenters. The number of hydrogen-bond donors (Lipinski definition) is 1. The first-order chi connectivity index (χ1) is 16.0. The van der Waals surface area contributed by atoms with Crippen LogP contribution in [0.4, 0.5) is 10.1 Å². The molecule has 3 saturated heterocycles. The van der Waals surface area contributed by atoms with Crippen LogP contribution < -0.4 is 10.4 Å². The number of piperazine rings is 1. The van der Waals surface area contributed by atoms with Crippen LogP contribution in [0.5, 0.6) is 0 Å². The molecular formula is C25H30FN5O2. The zero-order valence-corrected chi connectivity index (χ0v) is 18.9. The number of piperidine rings is 1. The van der Waals surface area contributed by atoms with E-state index in [1.165, 1.54) is 6.07 Å². The molecule has 2 aromatic rings. The second kappa shape index (κ2) is 9.21. The van der Waals surface area contributed by atoms with Gasteiger partial charge < -0.3 is 9.80 Å². The molecule has 0 aliphatic carbocycles. The molecule has 3 unspecified atom stereocenters. The van der Waals surface area contributed by atoms with Gasteiger partial charge in [0, 0.05) is 51.4 Å². The zero-order chi connectivity index (χ0) is 22.9. The molecule has 0 bridgehead atoms. The number of nitrogens with one attached hydrogen (secondary N) is 1. The summed E-state index contributed by atoms with van der Waals surface area (Å²) in [6.07, 6.45) is 0. The number of para-hydroxylation sites is 1. The van der Waals surface area contributed by atoms with Crippen LogP contribution in [-0.2, 0) is 16.1 Å². The van der Waals surface area contributed by atoms with Gasteiger partial charge in [-0.15, -0.1) is 0 Å². The summed E-state index contributed by atoms with van der Waals surface area (Å²) in [4.78, 5) is 32.9. The second-order valence-electron chi connectivity index (χ2n) is 9.29. The van der Waals surface area contributed by atoms with Gasteiger partial charge >= 0.3 is 0 Å². The maximum absolute atomic E-state index is 14.0. The Morgan fingerprint density at radius 1 is 1.00 bits per heavy atom. The maximum Gasteiger partial charge on any atom is 0.247 e. The smallest absolute Gasteiger partial charge is 0.247 e. The van der Waals surface area contributed by atoms with Crippen molar-refractivity contribution in [1.29, 1.82) is 0 Å². The van der Waals surface area contributed by atoms with E-state index in [-0.39, 0.29) is 35.5 Å². The minimum atomic E-state index is -0.287. The van der Waals surface area contributed by atoms with E-state index in [1.807, 2.05) is 54.4 Å². The van der Waals surface area contributed by atoms with E-state index in [0.717, 1.165) is 5.69 Å². The molecular weight excluding hydrogens is 421 g/mol. The fourth-order valence-corrected chi connectivity index (χ4v) is 5.28. The van der Waals surface area contributed by atoms with Crippen molar-refractivity contribution in [2.24, 2.45) is 11.8 Å². The largest absolute Gasteiger partial charge is 0.340 e. The monoisotopic (exact) mass is 451 g/mol. The van der Waals surface area contributed by atoms with Crippen LogP contribution in [0.2, 0.25) is 0 Å². The first kappa shape index (κ1) is 22.0. The van der Waals surface area contributed by atoms with Crippen LogP contribution in [0, 0.1) is 17.7 Å². The van der Waals surface area contributed by atoms with Crippen molar-refractivity contribution >= 4 is 17.5 Å². The first-order valence-corrected chi connectivity index (χ1v) is 11.6. The van der Waals surface area contributed by atoms with Crippen LogP contribution in [0.25, 0.3) is 0 Å². The number of likely N-dealkylation sites (tertiary alicyclic amines) is 1. The highest BCUT2D eigenvalue weighted by molar-refractivity contribution is 5.98. The zero-order valence-electron chi connectivity index (χ0n) is 18.9. The Labute approximate surface area is 193 Å². The maximum atomic E-state index is 14.0. The fourth-order valence-electron chi connectivity index (χ4n) is 5.28. The molecule has 0 spiro atoms. The van der Waals surface area contributed by atoms with Gasteiger partial charge in [-0.25, -0.2) is 14.8 Å². The summed E-state index contributed by atoms with van der Waals surface area (Å²) in [5.74, 6) is -0.612. The molecule has 1 N–H and O–H groups in total. The molecule has 3 fully saturated rings. The molecule has 5 rings (SSSR count). The summed E-state index contributed by atoms with van der Waals surface area (Å²) < 4.78 is 14.0. The third kappa shape index (κ3) is 4.38. The van der Waals surface area contributed by atoms with Gasteiger partial charge in [0.25, 0.3) is 0 Å². The normalized spacial score (nSPS) is 26.5. The lowest BCUT2D eigenvalue weighted by atomic mass is 9.84. The summed E-state index contributed by atoms with van der Waals surface area (Å²) in [7, 11) is 1.97. The van der Waals surface area contributed by atoms with Gasteiger partial charge in [0.2, 0.25) is 11.8 Å². The molecule has 2 amide bonds. The minimum absolute atomic E-state index is 0.0188. The van der Waals surface area contributed by atoms with E-state index in [4.69, 9.17) is 0 Å². The van der Waals surface area contributed by atoms with Crippen LogP contribution in [0.3, 0.4) is 0 Å². The number of nitrogens with zero attached hydrogens (tertiary/aromatic N) is 4. The first-order valence-electron chi connectivity index (χ1n) is 11.6. The van der Waals surface area contributed by atoms with Gasteiger partial charge in [0.15, 0.2) is 0 Å². The van der Waals surface area contributed by atoms with Crippen molar-refractivity contribution in [3.63, 3.8) is 0 Å². The van der Waals surface area contributed by atoms with Gasteiger partial charge in [-0.1, -0.05) is 36.4 Å². The van der Waals surface area contributed by atoms with E-state index >= 15 is 0 Å². The highest BCUT2D eigenvalue weighted by atomic mass is 19.1. The van der Waals surface area contributed by atoms with Crippen molar-refractivity contribution in [3.8, 4) is 0 Å². The van der Waals surface area contributed by atoms with E-state index in [9.17, 15) is 14.0 Å². The van der Waals surface area contributed by atoms with Gasteiger partial charge in [0.1, 0.15) is 5.82 Å². The Kier molecular flexibility index (Phi) is 6.14. The Morgan fingerprint density at radius 3 is 2.42 bits per heavy atom. The molecule has 33 heavy (non-hydrogen) atoms. The number of hydrazine groups is 1. The lowest BCUT2D eigenvalue weighted by molar-refractivity contribution is -0.141. The van der Waals surface area contributed by atoms with Gasteiger partial charge in [-0.3, -0.25) is 14.5 Å². The highest BCUT2D eigenvalue weighted by Gasteiger charge is 2.51. The van der Waals surface area contributed by atoms with Crippen LogP contribution >= 0.6 is 0 Å². The molecule has 7 nitrogen and oxygen atoms in total. The summed E-state index contributed by atoms with van der Waals surface area (Å²) in [6.45, 7) is 4.45. The van der Waals surface area contributed by atoms with E-state index in [0.29, 0.717) is 51.4 Å². The molecule has 3 aliphatic rings. The average Bonchev–Trinajstić information content (AvgIpc) is 3.17. The molecule has 0 radical (unpaired) electrons. The van der Waals surface area contributed by atoms with Crippen molar-refractivity contribution in [1.82, 2.24) is 20.1 Å². The molecule has 2 aromatic carbocycles. The molecule has 0 aromatic heterocycles. The number of hydrogen-bond acceptors (Lipinski definition) is 5. The Morgan fingerprint density at radius 2 is 1.70 bits per heavy atom. The van der Waals surface area contributed by atoms with E-state index in [1.54, 1.807) is 11.1 Å². The predicted molar refractivity (Wildman–Crippen MR) is 124 cm³/mol. The number of fused-ring (bicyclic) bond motifs is 1. The number of anilines is 1. The number of rotatable bonds is 4. The Balaban J connectivity index is 1.25. The van der Waals surface area contributed by atoms with Gasteiger partial charge in [-0.05, 0) is 25.2 Å². The average molecular weight is 452 g/mol. The van der Waals surface area contributed by atoms with Gasteiger partial charge in [-0.2, -0.15) is 0 Å². The third-order valence-corrected chi connectivity index (χ3v) is 7.07. The predicted octanol–water partition coefficient (Wildman–Crippen LogP) is 1.57. The lowest BCUT2D eigenvalue weighted by Gasteiger charge is -2.41. The van der Waals surface area contributed by atoms with Crippen LogP contribution in [0.1, 0.15) is 5.56 Å². The third-order valence-electron chi connectivity index (χ3n) is 7.07. The summed E-state index contributed by atoms with van der Waals surface area (Å²) >= 11 is 0. The summed E-state index contributed by atoms with van der Waals surface area (Å²) in [6, 6.07) is 16.2. The number of carbonyl (C=O) groups excluding carboxylic acids is 2. The van der Waals surface area contributed by atoms with Crippen LogP contribution in [-0.4, -0.2) is 78.9 Å². The van der Waals surface area contributed by atoms with E-state index in [2.05, 4.69) is 15.2 Å². The lowest BCUT2D eigenvalue weighted by Crippen LogP contribution is -2.59. The number of carbonyl (C=O) groups is 2. The fraction of sp³-hybridized carbons (Fsp3) is 0.440. The Bertz CT molecular complexity index is 1010. The number of amides is 2. The molecule has 8 heteroatoms. The van der Waals surface area contributed by atoms with Crippen LogP contribution in [0.15, 0.2) is 54.6 Å². The molecule has 3 aliphatic heterocycles. The molecule has 0 saturated carbocycles. The van der Waals surface area contributed by atoms with Gasteiger partial charge in [0.05, 0.1) is 23.6 Å². The molecule has 174 valence electrons. The Hall–Kier alpha value is -2.81. The highest BCUT2D eigenvalue weighted by Crippen LogP contribution is 2.32. The van der Waals surface area contributed by atoms with Crippen molar-refractivity contribution in [3.05, 3.63) is 66.0 Å². The number of halogens is 1. The summed E-state index contributed by atoms with van der Waals surface area (Å²) in [5, 5.41) is 1.61. The minimum Gasteiger partial charge on any atom is -0.340 e. The summed E-state index contributed by atoms with van der Waals surface area (Å²) in [5.41, 5.74) is 4.84. The number of benzene rings is 2. The second-order valence-corrected chi connectivity index (χ2v) is 9.29. The SMILES string of the molecule is CN1CC(C(=O)N2CCN(Cc3ccccc3F)CC2)C2NN(c3ccccc3)C(=O)C2C1. The standard InChI is InChI=1S/C25H30FN5O2/c1-28-16-20(23-21(17-28)25(33)31(27-23)19-8-3-2-4-9-19)24(32)30-13-11-29(12-14-30)15-18-7-5-6-10-22(18)26/h2-10,20-21,23,27H,11-17H2,1H3. The molecule has 3 heterocycles. The van der Waals surface area contributed by atoms with Crippen molar-refractivity contribution in [2.75, 3.05) is 51.3 Å².